The van der Waals surface area contributed by atoms with Crippen molar-refractivity contribution in [2.24, 2.45) is 0 Å². The predicted octanol–water partition coefficient (Wildman–Crippen LogP) is 1.19. The van der Waals surface area contributed by atoms with Crippen molar-refractivity contribution in [3.8, 4) is 5.75 Å². The zero-order valence-electron chi connectivity index (χ0n) is 12.1. The molecule has 0 saturated carbocycles. The van der Waals surface area contributed by atoms with Crippen LogP contribution in [0, 0.1) is 0 Å². The molecular formula is C15H16N2O5. The SMILES string of the molecule is CN(CCOc1ccc2ccc(=O)n(CC=O)c2c1)C(=O)O. The second-order valence-electron chi connectivity index (χ2n) is 4.72. The molecule has 0 fully saturated rings. The molecule has 1 aromatic heterocycles. The van der Waals surface area contributed by atoms with Crippen molar-refractivity contribution in [1.82, 2.24) is 9.47 Å². The van der Waals surface area contributed by atoms with E-state index in [1.54, 1.807) is 24.3 Å². The predicted molar refractivity (Wildman–Crippen MR) is 80.4 cm³/mol. The molecule has 0 spiro atoms. The van der Waals surface area contributed by atoms with Gasteiger partial charge in [-0.1, -0.05) is 0 Å². The van der Waals surface area contributed by atoms with E-state index in [9.17, 15) is 14.4 Å². The van der Waals surface area contributed by atoms with Gasteiger partial charge in [-0.3, -0.25) is 4.79 Å². The van der Waals surface area contributed by atoms with Crippen LogP contribution in [0.15, 0.2) is 35.1 Å². The van der Waals surface area contributed by atoms with Crippen molar-refractivity contribution in [1.29, 1.82) is 0 Å². The van der Waals surface area contributed by atoms with Gasteiger partial charge in [0, 0.05) is 19.2 Å². The Labute approximate surface area is 126 Å². The van der Waals surface area contributed by atoms with Gasteiger partial charge in [-0.05, 0) is 23.6 Å². The lowest BCUT2D eigenvalue weighted by Crippen LogP contribution is -2.29. The van der Waals surface area contributed by atoms with Crippen LogP contribution < -0.4 is 10.3 Å². The molecule has 2 aromatic rings. The first-order valence-corrected chi connectivity index (χ1v) is 6.67. The number of carboxylic acid groups (broad SMARTS) is 1. The number of carbonyl (C=O) groups is 2. The third kappa shape index (κ3) is 3.43. The first-order chi connectivity index (χ1) is 10.5. The summed E-state index contributed by atoms with van der Waals surface area (Å²) < 4.78 is 6.86. The number of benzene rings is 1. The summed E-state index contributed by atoms with van der Waals surface area (Å²) in [6.07, 6.45) is -0.363. The average molecular weight is 304 g/mol. The van der Waals surface area contributed by atoms with E-state index in [-0.39, 0.29) is 25.3 Å². The molecule has 22 heavy (non-hydrogen) atoms. The summed E-state index contributed by atoms with van der Waals surface area (Å²) in [6, 6.07) is 8.28. The lowest BCUT2D eigenvalue weighted by Gasteiger charge is -2.14. The fourth-order valence-electron chi connectivity index (χ4n) is 2.02. The Hall–Kier alpha value is -2.83. The van der Waals surface area contributed by atoms with Crippen LogP contribution in [0.3, 0.4) is 0 Å². The van der Waals surface area contributed by atoms with Crippen LogP contribution in [0.2, 0.25) is 0 Å². The highest BCUT2D eigenvalue weighted by molar-refractivity contribution is 5.81. The highest BCUT2D eigenvalue weighted by atomic mass is 16.5. The first-order valence-electron chi connectivity index (χ1n) is 6.67. The van der Waals surface area contributed by atoms with Gasteiger partial charge in [-0.2, -0.15) is 0 Å². The molecule has 0 radical (unpaired) electrons. The summed E-state index contributed by atoms with van der Waals surface area (Å²) in [5, 5.41) is 9.56. The van der Waals surface area contributed by atoms with Crippen molar-refractivity contribution in [2.75, 3.05) is 20.2 Å². The van der Waals surface area contributed by atoms with E-state index in [2.05, 4.69) is 0 Å². The third-order valence-corrected chi connectivity index (χ3v) is 3.24. The van der Waals surface area contributed by atoms with Crippen molar-refractivity contribution >= 4 is 23.3 Å². The molecule has 0 aliphatic heterocycles. The summed E-state index contributed by atoms with van der Waals surface area (Å²) in [4.78, 5) is 34.3. The second kappa shape index (κ2) is 6.75. The number of carbonyl (C=O) groups excluding carboxylic acids is 1. The highest BCUT2D eigenvalue weighted by Gasteiger charge is 2.07. The van der Waals surface area contributed by atoms with Crippen LogP contribution in [0.1, 0.15) is 0 Å². The van der Waals surface area contributed by atoms with Crippen molar-refractivity contribution in [2.45, 2.75) is 6.54 Å². The normalized spacial score (nSPS) is 10.4. The standard InChI is InChI=1S/C15H16N2O5/c1-16(15(20)21)7-9-22-12-4-2-11-3-5-14(19)17(6-8-18)13(11)10-12/h2-5,8,10H,6-7,9H2,1H3,(H,20,21). The number of likely N-dealkylation sites (N-methyl/N-ethyl adjacent to an activating group) is 1. The number of hydrogen-bond acceptors (Lipinski definition) is 4. The second-order valence-corrected chi connectivity index (χ2v) is 4.72. The maximum absolute atomic E-state index is 11.8. The van der Waals surface area contributed by atoms with Crippen molar-refractivity contribution < 1.29 is 19.4 Å². The van der Waals surface area contributed by atoms with Gasteiger partial charge in [-0.15, -0.1) is 0 Å². The first kappa shape index (κ1) is 15.6. The summed E-state index contributed by atoms with van der Waals surface area (Å²) in [5.41, 5.74) is 0.339. The van der Waals surface area contributed by atoms with E-state index in [0.717, 1.165) is 10.3 Å². The molecule has 0 aliphatic carbocycles. The molecule has 1 amide bonds. The zero-order valence-corrected chi connectivity index (χ0v) is 12.1. The molecule has 7 heteroatoms. The zero-order chi connectivity index (χ0) is 16.1. The molecule has 1 aromatic carbocycles. The molecule has 0 bridgehead atoms. The number of aromatic nitrogens is 1. The molecule has 7 nitrogen and oxygen atoms in total. The number of rotatable bonds is 6. The van der Waals surface area contributed by atoms with Crippen molar-refractivity contribution in [3.05, 3.63) is 40.7 Å². The fourth-order valence-corrected chi connectivity index (χ4v) is 2.02. The Bertz CT molecular complexity index is 753. The summed E-state index contributed by atoms with van der Waals surface area (Å²) >= 11 is 0. The quantitative estimate of drug-likeness (QED) is 0.810. The van der Waals surface area contributed by atoms with Crippen LogP contribution in [0.5, 0.6) is 5.75 Å². The fraction of sp³-hybridized carbons (Fsp3) is 0.267. The summed E-state index contributed by atoms with van der Waals surface area (Å²) in [5.74, 6) is 0.511. The minimum Gasteiger partial charge on any atom is -0.492 e. The maximum atomic E-state index is 11.8. The summed E-state index contributed by atoms with van der Waals surface area (Å²) in [6.45, 7) is 0.393. The van der Waals surface area contributed by atoms with Crippen LogP contribution in [0.25, 0.3) is 10.9 Å². The number of hydrogen-bond donors (Lipinski definition) is 1. The van der Waals surface area contributed by atoms with Gasteiger partial charge in [0.1, 0.15) is 18.6 Å². The Morgan fingerprint density at radius 1 is 1.36 bits per heavy atom. The Balaban J connectivity index is 2.22. The third-order valence-electron chi connectivity index (χ3n) is 3.24. The van der Waals surface area contributed by atoms with E-state index in [1.807, 2.05) is 0 Å². The van der Waals surface area contributed by atoms with Crippen LogP contribution >= 0.6 is 0 Å². The molecule has 0 unspecified atom stereocenters. The molecule has 0 saturated heterocycles. The topological polar surface area (TPSA) is 88.8 Å². The van der Waals surface area contributed by atoms with Crippen LogP contribution in [0.4, 0.5) is 4.79 Å². The lowest BCUT2D eigenvalue weighted by atomic mass is 10.2. The van der Waals surface area contributed by atoms with Gasteiger partial charge in [0.25, 0.3) is 5.56 Å². The molecular weight excluding hydrogens is 288 g/mol. The lowest BCUT2D eigenvalue weighted by molar-refractivity contribution is -0.108. The number of ether oxygens (including phenoxy) is 1. The molecule has 2 rings (SSSR count). The van der Waals surface area contributed by atoms with Gasteiger partial charge < -0.3 is 24.1 Å². The monoisotopic (exact) mass is 304 g/mol. The minimum atomic E-state index is -1.03. The number of fused-ring (bicyclic) bond motifs is 1. The number of amides is 1. The van der Waals surface area contributed by atoms with Gasteiger partial charge in [0.2, 0.25) is 0 Å². The van der Waals surface area contributed by atoms with Crippen LogP contribution in [-0.2, 0) is 11.3 Å². The average Bonchev–Trinajstić information content (AvgIpc) is 2.50. The number of aldehydes is 1. The smallest absolute Gasteiger partial charge is 0.407 e. The molecule has 0 atom stereocenters. The Morgan fingerprint density at radius 3 is 2.77 bits per heavy atom. The van der Waals surface area contributed by atoms with E-state index < -0.39 is 6.09 Å². The Kier molecular flexibility index (Phi) is 4.77. The van der Waals surface area contributed by atoms with E-state index in [4.69, 9.17) is 9.84 Å². The number of nitrogens with zero attached hydrogens (tertiary/aromatic N) is 2. The van der Waals surface area contributed by atoms with Gasteiger partial charge >= 0.3 is 6.09 Å². The van der Waals surface area contributed by atoms with Gasteiger partial charge in [0.05, 0.1) is 18.6 Å². The highest BCUT2D eigenvalue weighted by Crippen LogP contribution is 2.19. The van der Waals surface area contributed by atoms with Crippen molar-refractivity contribution in [3.63, 3.8) is 0 Å². The van der Waals surface area contributed by atoms with Crippen LogP contribution in [-0.4, -0.2) is 47.2 Å². The minimum absolute atomic E-state index is 0.0264. The number of pyridine rings is 1. The molecule has 1 heterocycles. The Morgan fingerprint density at radius 2 is 2.09 bits per heavy atom. The molecule has 1 N–H and O–H groups in total. The maximum Gasteiger partial charge on any atom is 0.407 e. The van der Waals surface area contributed by atoms with E-state index >= 15 is 0 Å². The largest absolute Gasteiger partial charge is 0.492 e. The van der Waals surface area contributed by atoms with E-state index in [0.29, 0.717) is 17.6 Å². The summed E-state index contributed by atoms with van der Waals surface area (Å²) in [7, 11) is 1.45. The molecule has 116 valence electrons. The van der Waals surface area contributed by atoms with Gasteiger partial charge in [0.15, 0.2) is 0 Å². The molecule has 0 aliphatic rings. The van der Waals surface area contributed by atoms with E-state index in [1.165, 1.54) is 17.7 Å². The van der Waals surface area contributed by atoms with Gasteiger partial charge in [-0.25, -0.2) is 4.79 Å².